The lowest BCUT2D eigenvalue weighted by Crippen LogP contribution is -2.22. The molecule has 0 amide bonds. The second-order valence-corrected chi connectivity index (χ2v) is 3.89. The van der Waals surface area contributed by atoms with Gasteiger partial charge in [0.2, 0.25) is 0 Å². The first-order valence-corrected chi connectivity index (χ1v) is 5.08. The highest BCUT2D eigenvalue weighted by molar-refractivity contribution is 5.85. The molecule has 0 unspecified atom stereocenters. The summed E-state index contributed by atoms with van der Waals surface area (Å²) in [6, 6.07) is 7.17. The fourth-order valence-electron chi connectivity index (χ4n) is 2.18. The average molecular weight is 189 g/mol. The van der Waals surface area contributed by atoms with E-state index in [0.29, 0.717) is 11.5 Å². The van der Waals surface area contributed by atoms with Crippen molar-refractivity contribution in [1.82, 2.24) is 0 Å². The second-order valence-electron chi connectivity index (χ2n) is 3.89. The zero-order valence-corrected chi connectivity index (χ0v) is 8.03. The van der Waals surface area contributed by atoms with E-state index in [1.54, 1.807) is 18.2 Å². The Kier molecular flexibility index (Phi) is 2.53. The summed E-state index contributed by atoms with van der Waals surface area (Å²) in [5, 5.41) is 10.7. The van der Waals surface area contributed by atoms with E-state index in [9.17, 15) is 9.90 Å². The summed E-state index contributed by atoms with van der Waals surface area (Å²) in [5.41, 5.74) is 1.46. The number of rotatable bonds is 2. The molecule has 1 aromatic carbocycles. The van der Waals surface area contributed by atoms with E-state index in [1.807, 2.05) is 6.07 Å². The Hall–Kier alpha value is -1.31. The molecule has 2 heteroatoms. The van der Waals surface area contributed by atoms with Crippen LogP contribution in [0.4, 0.5) is 0 Å². The number of hydrogen-bond acceptors (Lipinski definition) is 2. The van der Waals surface area contributed by atoms with Gasteiger partial charge in [-0.2, -0.15) is 0 Å². The van der Waals surface area contributed by atoms with Crippen LogP contribution in [-0.4, -0.2) is 5.97 Å². The van der Waals surface area contributed by atoms with Crippen molar-refractivity contribution in [3.05, 3.63) is 35.4 Å². The van der Waals surface area contributed by atoms with Crippen LogP contribution in [0.1, 0.15) is 47.5 Å². The predicted molar refractivity (Wildman–Crippen MR) is 52.0 cm³/mol. The number of carbonyl (C=O) groups excluding carboxylic acids is 1. The standard InChI is InChI=1S/C12H14O2/c13-12(14)11-7-3-6-10(8-11)9-4-1-2-5-9/h3,6-9H,1-2,4-5H2,(H,13,14)/p-1. The number of benzene rings is 1. The Bertz CT molecular complexity index is 338. The molecular weight excluding hydrogens is 176 g/mol. The zero-order chi connectivity index (χ0) is 9.97. The Morgan fingerprint density at radius 1 is 1.29 bits per heavy atom. The van der Waals surface area contributed by atoms with Gasteiger partial charge in [-0.15, -0.1) is 0 Å². The molecule has 1 aliphatic rings. The molecule has 1 fully saturated rings. The Morgan fingerprint density at radius 2 is 2.00 bits per heavy atom. The SMILES string of the molecule is O=C([O-])c1cccc(C2CCCC2)c1. The molecule has 0 saturated heterocycles. The normalized spacial score (nSPS) is 17.1. The monoisotopic (exact) mass is 189 g/mol. The van der Waals surface area contributed by atoms with Crippen LogP contribution >= 0.6 is 0 Å². The third kappa shape index (κ3) is 1.79. The van der Waals surface area contributed by atoms with Crippen LogP contribution in [0.25, 0.3) is 0 Å². The van der Waals surface area contributed by atoms with E-state index in [2.05, 4.69) is 0 Å². The van der Waals surface area contributed by atoms with Gasteiger partial charge in [0, 0.05) is 0 Å². The van der Waals surface area contributed by atoms with E-state index in [1.165, 1.54) is 25.7 Å². The van der Waals surface area contributed by atoms with E-state index in [0.717, 1.165) is 5.56 Å². The molecule has 74 valence electrons. The van der Waals surface area contributed by atoms with Crippen molar-refractivity contribution in [3.63, 3.8) is 0 Å². The number of carboxylic acid groups (broad SMARTS) is 1. The molecule has 0 aliphatic heterocycles. The zero-order valence-electron chi connectivity index (χ0n) is 8.03. The lowest BCUT2D eigenvalue weighted by Gasteiger charge is -2.11. The fraction of sp³-hybridized carbons (Fsp3) is 0.417. The van der Waals surface area contributed by atoms with Crippen molar-refractivity contribution >= 4 is 5.97 Å². The second kappa shape index (κ2) is 3.82. The summed E-state index contributed by atoms with van der Waals surface area (Å²) >= 11 is 0. The number of carbonyl (C=O) groups is 1. The summed E-state index contributed by atoms with van der Waals surface area (Å²) in [6.07, 6.45) is 4.91. The van der Waals surface area contributed by atoms with Crippen molar-refractivity contribution in [2.24, 2.45) is 0 Å². The maximum absolute atomic E-state index is 10.7. The van der Waals surface area contributed by atoms with Crippen molar-refractivity contribution in [1.29, 1.82) is 0 Å². The molecule has 0 spiro atoms. The molecule has 1 saturated carbocycles. The van der Waals surface area contributed by atoms with Crippen LogP contribution in [0, 0.1) is 0 Å². The van der Waals surface area contributed by atoms with Gasteiger partial charge >= 0.3 is 0 Å². The molecule has 0 bridgehead atoms. The maximum Gasteiger partial charge on any atom is 0.0715 e. The third-order valence-corrected chi connectivity index (χ3v) is 2.95. The predicted octanol–water partition coefficient (Wildman–Crippen LogP) is 1.71. The van der Waals surface area contributed by atoms with Crippen LogP contribution in [-0.2, 0) is 0 Å². The van der Waals surface area contributed by atoms with Gasteiger partial charge in [-0.1, -0.05) is 31.0 Å². The highest BCUT2D eigenvalue weighted by Gasteiger charge is 2.16. The lowest BCUT2D eigenvalue weighted by atomic mass is 9.96. The van der Waals surface area contributed by atoms with Crippen molar-refractivity contribution in [3.8, 4) is 0 Å². The third-order valence-electron chi connectivity index (χ3n) is 2.95. The summed E-state index contributed by atoms with van der Waals surface area (Å²) < 4.78 is 0. The van der Waals surface area contributed by atoms with Gasteiger partial charge in [-0.3, -0.25) is 0 Å². The van der Waals surface area contributed by atoms with E-state index in [4.69, 9.17) is 0 Å². The Balaban J connectivity index is 2.25. The molecule has 2 nitrogen and oxygen atoms in total. The first kappa shape index (κ1) is 9.25. The fourth-order valence-corrected chi connectivity index (χ4v) is 2.18. The Labute approximate surface area is 83.6 Å². The van der Waals surface area contributed by atoms with Crippen LogP contribution in [0.2, 0.25) is 0 Å². The minimum Gasteiger partial charge on any atom is -0.545 e. The van der Waals surface area contributed by atoms with Crippen LogP contribution in [0.5, 0.6) is 0 Å². The topological polar surface area (TPSA) is 40.1 Å². The molecule has 0 atom stereocenters. The first-order chi connectivity index (χ1) is 6.77. The quantitative estimate of drug-likeness (QED) is 0.710. The minimum absolute atomic E-state index is 0.300. The number of carboxylic acids is 1. The highest BCUT2D eigenvalue weighted by atomic mass is 16.4. The summed E-state index contributed by atoms with van der Waals surface area (Å²) in [6.45, 7) is 0. The number of aromatic carboxylic acids is 1. The minimum atomic E-state index is -1.08. The number of hydrogen-bond donors (Lipinski definition) is 0. The van der Waals surface area contributed by atoms with Crippen molar-refractivity contribution in [2.75, 3.05) is 0 Å². The average Bonchev–Trinajstić information content (AvgIpc) is 2.71. The highest BCUT2D eigenvalue weighted by Crippen LogP contribution is 2.34. The lowest BCUT2D eigenvalue weighted by molar-refractivity contribution is -0.255. The largest absolute Gasteiger partial charge is 0.545 e. The van der Waals surface area contributed by atoms with Gasteiger partial charge in [0.05, 0.1) is 5.97 Å². The summed E-state index contributed by atoms with van der Waals surface area (Å²) in [7, 11) is 0. The molecule has 0 radical (unpaired) electrons. The molecule has 0 heterocycles. The van der Waals surface area contributed by atoms with Gasteiger partial charge in [0.25, 0.3) is 0 Å². The van der Waals surface area contributed by atoms with Gasteiger partial charge in [-0.25, -0.2) is 0 Å². The molecule has 14 heavy (non-hydrogen) atoms. The molecule has 0 N–H and O–H groups in total. The van der Waals surface area contributed by atoms with Crippen LogP contribution in [0.15, 0.2) is 24.3 Å². The van der Waals surface area contributed by atoms with Crippen LogP contribution in [0.3, 0.4) is 0 Å². The van der Waals surface area contributed by atoms with Gasteiger partial charge in [0.15, 0.2) is 0 Å². The van der Waals surface area contributed by atoms with Crippen LogP contribution < -0.4 is 5.11 Å². The smallest absolute Gasteiger partial charge is 0.0715 e. The van der Waals surface area contributed by atoms with Crippen molar-refractivity contribution in [2.45, 2.75) is 31.6 Å². The van der Waals surface area contributed by atoms with E-state index in [-0.39, 0.29) is 0 Å². The molecular formula is C12H13O2-. The summed E-state index contributed by atoms with van der Waals surface area (Å²) in [5.74, 6) is -0.515. The van der Waals surface area contributed by atoms with Gasteiger partial charge in [-0.05, 0) is 36.0 Å². The first-order valence-electron chi connectivity index (χ1n) is 5.08. The Morgan fingerprint density at radius 3 is 2.64 bits per heavy atom. The van der Waals surface area contributed by atoms with Crippen molar-refractivity contribution < 1.29 is 9.90 Å². The van der Waals surface area contributed by atoms with Gasteiger partial charge < -0.3 is 9.90 Å². The summed E-state index contributed by atoms with van der Waals surface area (Å²) in [4.78, 5) is 10.7. The molecule has 1 aromatic rings. The van der Waals surface area contributed by atoms with E-state index < -0.39 is 5.97 Å². The molecule has 2 rings (SSSR count). The molecule has 1 aliphatic carbocycles. The molecule has 0 aromatic heterocycles. The van der Waals surface area contributed by atoms with E-state index >= 15 is 0 Å². The van der Waals surface area contributed by atoms with Gasteiger partial charge in [0.1, 0.15) is 0 Å². The maximum atomic E-state index is 10.7.